The van der Waals surface area contributed by atoms with E-state index in [-0.39, 0.29) is 0 Å². The molecule has 1 saturated carbocycles. The first-order valence-corrected chi connectivity index (χ1v) is 6.01. The van der Waals surface area contributed by atoms with Crippen molar-refractivity contribution in [3.63, 3.8) is 0 Å². The van der Waals surface area contributed by atoms with E-state index in [1.165, 1.54) is 38.6 Å². The molecule has 0 aliphatic heterocycles. The first-order chi connectivity index (χ1) is 6.27. The van der Waals surface area contributed by atoms with Gasteiger partial charge in [-0.2, -0.15) is 0 Å². The van der Waals surface area contributed by atoms with Gasteiger partial charge in [-0.3, -0.25) is 0 Å². The molecule has 78 valence electrons. The van der Waals surface area contributed by atoms with Crippen molar-refractivity contribution in [3.8, 4) is 0 Å². The van der Waals surface area contributed by atoms with E-state index in [1.807, 2.05) is 0 Å². The van der Waals surface area contributed by atoms with Gasteiger partial charge in [-0.15, -0.1) is 0 Å². The SMILES string of the molecule is CCCCC(CC)CNC1CC1C. The van der Waals surface area contributed by atoms with E-state index in [9.17, 15) is 0 Å². The molecule has 0 aromatic rings. The summed E-state index contributed by atoms with van der Waals surface area (Å²) in [5.74, 6) is 1.87. The van der Waals surface area contributed by atoms with Crippen LogP contribution in [0.15, 0.2) is 0 Å². The van der Waals surface area contributed by atoms with E-state index in [4.69, 9.17) is 0 Å². The molecular weight excluding hydrogens is 158 g/mol. The number of hydrogen-bond acceptors (Lipinski definition) is 1. The Morgan fingerprint density at radius 1 is 1.38 bits per heavy atom. The van der Waals surface area contributed by atoms with Crippen LogP contribution in [0.4, 0.5) is 0 Å². The monoisotopic (exact) mass is 183 g/mol. The van der Waals surface area contributed by atoms with E-state index in [0.717, 1.165) is 17.9 Å². The van der Waals surface area contributed by atoms with Crippen molar-refractivity contribution >= 4 is 0 Å². The lowest BCUT2D eigenvalue weighted by molar-refractivity contribution is 0.415. The molecule has 0 aromatic carbocycles. The number of nitrogens with one attached hydrogen (secondary N) is 1. The summed E-state index contributed by atoms with van der Waals surface area (Å²) in [6.07, 6.45) is 6.91. The van der Waals surface area contributed by atoms with Gasteiger partial charge in [0.05, 0.1) is 0 Å². The maximum Gasteiger partial charge on any atom is 0.00965 e. The van der Waals surface area contributed by atoms with Crippen molar-refractivity contribution in [2.75, 3.05) is 6.54 Å². The van der Waals surface area contributed by atoms with Crippen LogP contribution in [0.5, 0.6) is 0 Å². The molecule has 0 saturated heterocycles. The Bertz CT molecular complexity index is 133. The van der Waals surface area contributed by atoms with E-state index >= 15 is 0 Å². The van der Waals surface area contributed by atoms with Gasteiger partial charge in [0.25, 0.3) is 0 Å². The summed E-state index contributed by atoms with van der Waals surface area (Å²) in [5, 5.41) is 3.67. The normalized spacial score (nSPS) is 28.8. The van der Waals surface area contributed by atoms with Gasteiger partial charge in [-0.05, 0) is 31.2 Å². The van der Waals surface area contributed by atoms with Crippen LogP contribution in [-0.4, -0.2) is 12.6 Å². The van der Waals surface area contributed by atoms with Crippen molar-refractivity contribution in [2.45, 2.75) is 58.9 Å². The highest BCUT2D eigenvalue weighted by atomic mass is 15.0. The Morgan fingerprint density at radius 3 is 2.54 bits per heavy atom. The first kappa shape index (κ1) is 11.0. The van der Waals surface area contributed by atoms with Crippen LogP contribution in [-0.2, 0) is 0 Å². The van der Waals surface area contributed by atoms with Crippen LogP contribution in [0.3, 0.4) is 0 Å². The fourth-order valence-electron chi connectivity index (χ4n) is 1.87. The predicted octanol–water partition coefficient (Wildman–Crippen LogP) is 3.20. The van der Waals surface area contributed by atoms with Crippen LogP contribution < -0.4 is 5.32 Å². The Balaban J connectivity index is 2.01. The maximum atomic E-state index is 3.67. The van der Waals surface area contributed by atoms with Gasteiger partial charge in [0.1, 0.15) is 0 Å². The minimum Gasteiger partial charge on any atom is -0.313 e. The number of unbranched alkanes of at least 4 members (excludes halogenated alkanes) is 1. The molecule has 0 bridgehead atoms. The molecule has 0 heterocycles. The van der Waals surface area contributed by atoms with Crippen molar-refractivity contribution in [1.82, 2.24) is 5.32 Å². The average molecular weight is 183 g/mol. The zero-order chi connectivity index (χ0) is 9.68. The van der Waals surface area contributed by atoms with Crippen LogP contribution in [0.2, 0.25) is 0 Å². The Labute approximate surface area is 83.3 Å². The molecule has 1 rings (SSSR count). The summed E-state index contributed by atoms with van der Waals surface area (Å²) in [6, 6.07) is 0.857. The second kappa shape index (κ2) is 5.64. The summed E-state index contributed by atoms with van der Waals surface area (Å²) in [7, 11) is 0. The predicted molar refractivity (Wildman–Crippen MR) is 58.9 cm³/mol. The summed E-state index contributed by atoms with van der Waals surface area (Å²) < 4.78 is 0. The van der Waals surface area contributed by atoms with Crippen molar-refractivity contribution in [1.29, 1.82) is 0 Å². The van der Waals surface area contributed by atoms with Gasteiger partial charge >= 0.3 is 0 Å². The van der Waals surface area contributed by atoms with Crippen molar-refractivity contribution in [2.24, 2.45) is 11.8 Å². The summed E-state index contributed by atoms with van der Waals surface area (Å²) in [4.78, 5) is 0. The van der Waals surface area contributed by atoms with E-state index < -0.39 is 0 Å². The first-order valence-electron chi connectivity index (χ1n) is 6.01. The van der Waals surface area contributed by atoms with E-state index in [2.05, 4.69) is 26.1 Å². The lowest BCUT2D eigenvalue weighted by atomic mass is 9.99. The number of rotatable bonds is 7. The highest BCUT2D eigenvalue weighted by molar-refractivity contribution is 4.89. The molecule has 1 fully saturated rings. The van der Waals surface area contributed by atoms with Gasteiger partial charge in [-0.25, -0.2) is 0 Å². The van der Waals surface area contributed by atoms with Gasteiger partial charge in [-0.1, -0.05) is 40.0 Å². The lowest BCUT2D eigenvalue weighted by Gasteiger charge is -2.14. The minimum absolute atomic E-state index is 0.857. The third kappa shape index (κ3) is 4.12. The second-order valence-corrected chi connectivity index (χ2v) is 4.64. The molecule has 1 aliphatic carbocycles. The largest absolute Gasteiger partial charge is 0.313 e. The molecular formula is C12H25N. The topological polar surface area (TPSA) is 12.0 Å². The Kier molecular flexibility index (Phi) is 4.79. The van der Waals surface area contributed by atoms with E-state index in [0.29, 0.717) is 0 Å². The molecule has 13 heavy (non-hydrogen) atoms. The van der Waals surface area contributed by atoms with Crippen molar-refractivity contribution < 1.29 is 0 Å². The van der Waals surface area contributed by atoms with Gasteiger partial charge < -0.3 is 5.32 Å². The maximum absolute atomic E-state index is 3.67. The molecule has 0 radical (unpaired) electrons. The molecule has 0 aromatic heterocycles. The molecule has 1 aliphatic rings. The standard InChI is InChI=1S/C12H25N/c1-4-6-7-11(5-2)9-13-12-8-10(12)3/h10-13H,4-9H2,1-3H3. The molecule has 3 atom stereocenters. The summed E-state index contributed by atoms with van der Waals surface area (Å²) in [5.41, 5.74) is 0. The Morgan fingerprint density at radius 2 is 2.08 bits per heavy atom. The fourth-order valence-corrected chi connectivity index (χ4v) is 1.87. The zero-order valence-corrected chi connectivity index (χ0v) is 9.47. The van der Waals surface area contributed by atoms with Gasteiger partial charge in [0.2, 0.25) is 0 Å². The van der Waals surface area contributed by atoms with Crippen LogP contribution in [0, 0.1) is 11.8 Å². The molecule has 0 spiro atoms. The smallest absolute Gasteiger partial charge is 0.00965 e. The molecule has 3 unspecified atom stereocenters. The highest BCUT2D eigenvalue weighted by Gasteiger charge is 2.31. The van der Waals surface area contributed by atoms with Gasteiger partial charge in [0, 0.05) is 6.04 Å². The van der Waals surface area contributed by atoms with Crippen LogP contribution >= 0.6 is 0 Å². The third-order valence-electron chi connectivity index (χ3n) is 3.32. The molecule has 1 nitrogen and oxygen atoms in total. The van der Waals surface area contributed by atoms with Crippen LogP contribution in [0.25, 0.3) is 0 Å². The second-order valence-electron chi connectivity index (χ2n) is 4.64. The third-order valence-corrected chi connectivity index (χ3v) is 3.32. The van der Waals surface area contributed by atoms with E-state index in [1.54, 1.807) is 0 Å². The molecule has 1 N–H and O–H groups in total. The zero-order valence-electron chi connectivity index (χ0n) is 9.47. The summed E-state index contributed by atoms with van der Waals surface area (Å²) in [6.45, 7) is 8.19. The fraction of sp³-hybridized carbons (Fsp3) is 1.00. The van der Waals surface area contributed by atoms with Crippen molar-refractivity contribution in [3.05, 3.63) is 0 Å². The minimum atomic E-state index is 0.857. The van der Waals surface area contributed by atoms with Gasteiger partial charge in [0.15, 0.2) is 0 Å². The van der Waals surface area contributed by atoms with Crippen LogP contribution in [0.1, 0.15) is 52.9 Å². The molecule has 0 amide bonds. The average Bonchev–Trinajstić information content (AvgIpc) is 2.83. The quantitative estimate of drug-likeness (QED) is 0.639. The Hall–Kier alpha value is -0.0400. The number of hydrogen-bond donors (Lipinski definition) is 1. The molecule has 1 heteroatoms. The highest BCUT2D eigenvalue weighted by Crippen LogP contribution is 2.29. The lowest BCUT2D eigenvalue weighted by Crippen LogP contribution is -2.25. The summed E-state index contributed by atoms with van der Waals surface area (Å²) >= 11 is 0.